The lowest BCUT2D eigenvalue weighted by atomic mass is 10.1. The van der Waals surface area contributed by atoms with Gasteiger partial charge in [0.1, 0.15) is 17.4 Å². The summed E-state index contributed by atoms with van der Waals surface area (Å²) in [6, 6.07) is 16.8. The lowest BCUT2D eigenvalue weighted by molar-refractivity contribution is -0.112. The lowest BCUT2D eigenvalue weighted by Crippen LogP contribution is -2.16. The van der Waals surface area contributed by atoms with Crippen molar-refractivity contribution in [3.63, 3.8) is 0 Å². The number of hydrogen-bond donors (Lipinski definition) is 2. The Kier molecular flexibility index (Phi) is 5.98. The zero-order chi connectivity index (χ0) is 17.4. The fourth-order valence-electron chi connectivity index (χ4n) is 2.09. The lowest BCUT2D eigenvalue weighted by Gasteiger charge is -2.07. The Labute approximate surface area is 141 Å². The van der Waals surface area contributed by atoms with Gasteiger partial charge in [0.15, 0.2) is 0 Å². The SMILES string of the molecule is COc1ccc(NC(=O)/C(C#N)=C\NCc2ccccc2C)cc1. The molecule has 2 aromatic carbocycles. The Balaban J connectivity index is 1.97. The second-order valence-electron chi connectivity index (χ2n) is 5.16. The van der Waals surface area contributed by atoms with Crippen molar-refractivity contribution in [3.05, 3.63) is 71.4 Å². The number of ether oxygens (including phenoxy) is 1. The minimum absolute atomic E-state index is 0.0133. The van der Waals surface area contributed by atoms with E-state index in [0.717, 1.165) is 11.1 Å². The van der Waals surface area contributed by atoms with Crippen molar-refractivity contribution in [2.45, 2.75) is 13.5 Å². The van der Waals surface area contributed by atoms with Gasteiger partial charge in [0.2, 0.25) is 0 Å². The maximum atomic E-state index is 12.1. The van der Waals surface area contributed by atoms with E-state index in [1.807, 2.05) is 37.3 Å². The Hall–Kier alpha value is -3.26. The Bertz CT molecular complexity index is 774. The van der Waals surface area contributed by atoms with Crippen LogP contribution in [0.1, 0.15) is 11.1 Å². The number of nitriles is 1. The van der Waals surface area contributed by atoms with E-state index in [-0.39, 0.29) is 5.57 Å². The molecule has 5 nitrogen and oxygen atoms in total. The number of methoxy groups -OCH3 is 1. The summed E-state index contributed by atoms with van der Waals surface area (Å²) in [5.41, 5.74) is 2.88. The third kappa shape index (κ3) is 4.62. The number of carbonyl (C=O) groups is 1. The molecule has 1 amide bonds. The van der Waals surface area contributed by atoms with E-state index in [9.17, 15) is 4.79 Å². The molecule has 0 saturated heterocycles. The molecule has 5 heteroatoms. The van der Waals surface area contributed by atoms with Crippen molar-refractivity contribution >= 4 is 11.6 Å². The highest BCUT2D eigenvalue weighted by Crippen LogP contribution is 2.15. The molecule has 2 aromatic rings. The molecule has 0 unspecified atom stereocenters. The van der Waals surface area contributed by atoms with Crippen LogP contribution in [0.3, 0.4) is 0 Å². The number of aryl methyl sites for hydroxylation is 1. The summed E-state index contributed by atoms with van der Waals surface area (Å²) in [7, 11) is 1.57. The quantitative estimate of drug-likeness (QED) is 0.633. The van der Waals surface area contributed by atoms with Crippen LogP contribution in [0.5, 0.6) is 5.75 Å². The molecule has 0 bridgehead atoms. The van der Waals surface area contributed by atoms with Crippen molar-refractivity contribution in [3.8, 4) is 11.8 Å². The molecule has 0 aliphatic carbocycles. The molecule has 0 aliphatic rings. The normalized spacial score (nSPS) is 10.6. The van der Waals surface area contributed by atoms with Gasteiger partial charge >= 0.3 is 0 Å². The summed E-state index contributed by atoms with van der Waals surface area (Å²) in [6.07, 6.45) is 1.44. The zero-order valence-corrected chi connectivity index (χ0v) is 13.7. The maximum absolute atomic E-state index is 12.1. The third-order valence-electron chi connectivity index (χ3n) is 3.51. The molecule has 122 valence electrons. The first-order valence-electron chi connectivity index (χ1n) is 7.47. The van der Waals surface area contributed by atoms with E-state index in [0.29, 0.717) is 18.0 Å². The zero-order valence-electron chi connectivity index (χ0n) is 13.7. The number of hydrogen-bond acceptors (Lipinski definition) is 4. The molecule has 0 radical (unpaired) electrons. The minimum atomic E-state index is -0.458. The van der Waals surface area contributed by atoms with Gasteiger partial charge in [-0.3, -0.25) is 4.79 Å². The number of nitrogens with one attached hydrogen (secondary N) is 2. The number of amides is 1. The summed E-state index contributed by atoms with van der Waals surface area (Å²) in [6.45, 7) is 2.57. The topological polar surface area (TPSA) is 74.1 Å². The molecule has 0 fully saturated rings. The van der Waals surface area contributed by atoms with Crippen molar-refractivity contribution in [2.24, 2.45) is 0 Å². The van der Waals surface area contributed by atoms with Gasteiger partial charge in [-0.2, -0.15) is 5.26 Å². The summed E-state index contributed by atoms with van der Waals surface area (Å²) in [5.74, 6) is 0.240. The van der Waals surface area contributed by atoms with Crippen LogP contribution >= 0.6 is 0 Å². The summed E-state index contributed by atoms with van der Waals surface area (Å²) in [4.78, 5) is 12.1. The average molecular weight is 321 g/mol. The average Bonchev–Trinajstić information content (AvgIpc) is 2.60. The fourth-order valence-corrected chi connectivity index (χ4v) is 2.09. The minimum Gasteiger partial charge on any atom is -0.497 e. The molecular formula is C19H19N3O2. The highest BCUT2D eigenvalue weighted by atomic mass is 16.5. The van der Waals surface area contributed by atoms with Gasteiger partial charge in [-0.1, -0.05) is 24.3 Å². The molecule has 2 N–H and O–H groups in total. The number of carbonyl (C=O) groups excluding carboxylic acids is 1. The van der Waals surface area contributed by atoms with Crippen LogP contribution < -0.4 is 15.4 Å². The van der Waals surface area contributed by atoms with Gasteiger partial charge in [-0.05, 0) is 42.3 Å². The second-order valence-corrected chi connectivity index (χ2v) is 5.16. The predicted octanol–water partition coefficient (Wildman–Crippen LogP) is 3.14. The first kappa shape index (κ1) is 17.1. The Morgan fingerprint density at radius 1 is 1.21 bits per heavy atom. The molecule has 0 spiro atoms. The van der Waals surface area contributed by atoms with E-state index >= 15 is 0 Å². The van der Waals surface area contributed by atoms with Crippen LogP contribution in [0.25, 0.3) is 0 Å². The van der Waals surface area contributed by atoms with E-state index in [1.54, 1.807) is 31.4 Å². The van der Waals surface area contributed by atoms with Gasteiger partial charge in [0.25, 0.3) is 5.91 Å². The standard InChI is InChI=1S/C19H19N3O2/c1-14-5-3-4-6-15(14)12-21-13-16(11-20)19(23)22-17-7-9-18(24-2)10-8-17/h3-10,13,21H,12H2,1-2H3,(H,22,23)/b16-13-. The van der Waals surface area contributed by atoms with Gasteiger partial charge < -0.3 is 15.4 Å². The first-order chi connectivity index (χ1) is 11.6. The molecular weight excluding hydrogens is 302 g/mol. The summed E-state index contributed by atoms with van der Waals surface area (Å²) in [5, 5.41) is 14.9. The maximum Gasteiger partial charge on any atom is 0.267 e. The molecule has 0 saturated carbocycles. The molecule has 0 aliphatic heterocycles. The monoisotopic (exact) mass is 321 g/mol. The van der Waals surface area contributed by atoms with Crippen molar-refractivity contribution in [1.29, 1.82) is 5.26 Å². The van der Waals surface area contributed by atoms with Crippen LogP contribution in [0.2, 0.25) is 0 Å². The van der Waals surface area contributed by atoms with Crippen molar-refractivity contribution in [2.75, 3.05) is 12.4 Å². The van der Waals surface area contributed by atoms with Crippen molar-refractivity contribution < 1.29 is 9.53 Å². The smallest absolute Gasteiger partial charge is 0.267 e. The number of anilines is 1. The molecule has 0 atom stereocenters. The van der Waals surface area contributed by atoms with E-state index in [2.05, 4.69) is 10.6 Å². The van der Waals surface area contributed by atoms with Crippen LogP contribution in [0.15, 0.2) is 60.3 Å². The summed E-state index contributed by atoms with van der Waals surface area (Å²) >= 11 is 0. The summed E-state index contributed by atoms with van der Waals surface area (Å²) < 4.78 is 5.06. The third-order valence-corrected chi connectivity index (χ3v) is 3.51. The van der Waals surface area contributed by atoms with Gasteiger partial charge in [0, 0.05) is 18.4 Å². The predicted molar refractivity (Wildman–Crippen MR) is 93.3 cm³/mol. The van der Waals surface area contributed by atoms with Crippen LogP contribution in [-0.4, -0.2) is 13.0 Å². The van der Waals surface area contributed by atoms with Gasteiger partial charge in [0.05, 0.1) is 7.11 Å². The van der Waals surface area contributed by atoms with Gasteiger partial charge in [-0.15, -0.1) is 0 Å². The number of nitrogens with zero attached hydrogens (tertiary/aromatic N) is 1. The van der Waals surface area contributed by atoms with E-state index < -0.39 is 5.91 Å². The first-order valence-corrected chi connectivity index (χ1v) is 7.47. The van der Waals surface area contributed by atoms with E-state index in [4.69, 9.17) is 10.00 Å². The van der Waals surface area contributed by atoms with Crippen LogP contribution in [0, 0.1) is 18.3 Å². The highest BCUT2D eigenvalue weighted by molar-refractivity contribution is 6.06. The van der Waals surface area contributed by atoms with E-state index in [1.165, 1.54) is 6.20 Å². The van der Waals surface area contributed by atoms with Crippen LogP contribution in [0.4, 0.5) is 5.69 Å². The number of benzene rings is 2. The Morgan fingerprint density at radius 2 is 1.92 bits per heavy atom. The number of rotatable bonds is 6. The highest BCUT2D eigenvalue weighted by Gasteiger charge is 2.09. The Morgan fingerprint density at radius 3 is 2.54 bits per heavy atom. The molecule has 24 heavy (non-hydrogen) atoms. The van der Waals surface area contributed by atoms with Crippen LogP contribution in [-0.2, 0) is 11.3 Å². The largest absolute Gasteiger partial charge is 0.497 e. The molecule has 2 rings (SSSR count). The molecule has 0 aromatic heterocycles. The van der Waals surface area contributed by atoms with Crippen molar-refractivity contribution in [1.82, 2.24) is 5.32 Å². The molecule has 0 heterocycles. The fraction of sp³-hybridized carbons (Fsp3) is 0.158. The second kappa shape index (κ2) is 8.39. The van der Waals surface area contributed by atoms with Gasteiger partial charge in [-0.25, -0.2) is 0 Å².